The number of hydrogen-bond acceptors (Lipinski definition) is 4. The Labute approximate surface area is 152 Å². The summed E-state index contributed by atoms with van der Waals surface area (Å²) in [5.74, 6) is 1.87. The summed E-state index contributed by atoms with van der Waals surface area (Å²) in [6.07, 6.45) is 4.92. The second-order valence-corrected chi connectivity index (χ2v) is 6.59. The van der Waals surface area contributed by atoms with Crippen molar-refractivity contribution in [3.8, 4) is 11.3 Å². The lowest BCUT2D eigenvalue weighted by molar-refractivity contribution is 0.0703. The molecule has 0 saturated carbocycles. The third-order valence-corrected chi connectivity index (χ3v) is 4.84. The number of hydrogen-bond donors (Lipinski definition) is 1. The van der Waals surface area contributed by atoms with E-state index in [-0.39, 0.29) is 5.91 Å². The van der Waals surface area contributed by atoms with Gasteiger partial charge in [0.05, 0.1) is 18.4 Å². The van der Waals surface area contributed by atoms with E-state index in [1.54, 1.807) is 6.07 Å². The van der Waals surface area contributed by atoms with Gasteiger partial charge in [-0.2, -0.15) is 0 Å². The van der Waals surface area contributed by atoms with Crippen molar-refractivity contribution < 1.29 is 13.6 Å². The van der Waals surface area contributed by atoms with E-state index < -0.39 is 0 Å². The largest absolute Gasteiger partial charge is 0.472 e. The molecule has 5 nitrogen and oxygen atoms in total. The molecule has 0 aliphatic carbocycles. The number of carbonyl (C=O) groups excluding carboxylic acids is 1. The first kappa shape index (κ1) is 16.7. The molecule has 3 heterocycles. The second-order valence-electron chi connectivity index (χ2n) is 6.59. The van der Waals surface area contributed by atoms with Crippen LogP contribution in [0.4, 0.5) is 0 Å². The fourth-order valence-electron chi connectivity index (χ4n) is 3.33. The van der Waals surface area contributed by atoms with Crippen LogP contribution in [0.15, 0.2) is 69.9 Å². The molecule has 1 fully saturated rings. The quantitative estimate of drug-likeness (QED) is 0.757. The van der Waals surface area contributed by atoms with Crippen molar-refractivity contribution >= 4 is 5.91 Å². The van der Waals surface area contributed by atoms with Gasteiger partial charge < -0.3 is 19.1 Å². The fourth-order valence-corrected chi connectivity index (χ4v) is 3.33. The van der Waals surface area contributed by atoms with Crippen LogP contribution in [-0.2, 0) is 6.54 Å². The smallest absolute Gasteiger partial charge is 0.257 e. The van der Waals surface area contributed by atoms with Gasteiger partial charge in [0.25, 0.3) is 5.91 Å². The Morgan fingerprint density at radius 1 is 1.08 bits per heavy atom. The summed E-state index contributed by atoms with van der Waals surface area (Å²) in [6.45, 7) is 2.22. The second kappa shape index (κ2) is 7.62. The Morgan fingerprint density at radius 2 is 1.88 bits per heavy atom. The van der Waals surface area contributed by atoms with E-state index in [0.717, 1.165) is 43.0 Å². The number of amides is 1. The molecule has 1 aliphatic heterocycles. The van der Waals surface area contributed by atoms with Crippen LogP contribution < -0.4 is 5.32 Å². The zero-order valence-corrected chi connectivity index (χ0v) is 14.6. The molecular formula is C21H22N2O3. The van der Waals surface area contributed by atoms with Gasteiger partial charge in [-0.15, -0.1) is 0 Å². The van der Waals surface area contributed by atoms with Crippen LogP contribution >= 0.6 is 0 Å². The van der Waals surface area contributed by atoms with Gasteiger partial charge in [0, 0.05) is 24.7 Å². The zero-order chi connectivity index (χ0) is 17.8. The number of carbonyl (C=O) groups is 1. The lowest BCUT2D eigenvalue weighted by Gasteiger charge is -2.32. The minimum atomic E-state index is 0.0516. The maximum atomic E-state index is 12.3. The fraction of sp³-hybridized carbons (Fsp3) is 0.286. The van der Waals surface area contributed by atoms with Crippen LogP contribution in [0.1, 0.15) is 29.0 Å². The van der Waals surface area contributed by atoms with Crippen molar-refractivity contribution in [2.45, 2.75) is 25.4 Å². The molecule has 1 N–H and O–H groups in total. The van der Waals surface area contributed by atoms with Crippen LogP contribution in [0.25, 0.3) is 11.3 Å². The molecule has 1 amide bonds. The number of likely N-dealkylation sites (tertiary alicyclic amines) is 1. The maximum absolute atomic E-state index is 12.3. The summed E-state index contributed by atoms with van der Waals surface area (Å²) in [4.78, 5) is 14.2. The Balaban J connectivity index is 1.26. The number of benzene rings is 1. The Hall–Kier alpha value is -2.79. The van der Waals surface area contributed by atoms with Gasteiger partial charge in [0.2, 0.25) is 0 Å². The maximum Gasteiger partial charge on any atom is 0.257 e. The van der Waals surface area contributed by atoms with Crippen molar-refractivity contribution in [1.29, 1.82) is 0 Å². The number of furan rings is 2. The van der Waals surface area contributed by atoms with Gasteiger partial charge in [0.1, 0.15) is 17.8 Å². The lowest BCUT2D eigenvalue weighted by atomic mass is 10.0. The van der Waals surface area contributed by atoms with Crippen LogP contribution in [0, 0.1) is 0 Å². The Kier molecular flexibility index (Phi) is 4.88. The first-order chi connectivity index (χ1) is 12.8. The SMILES string of the molecule is O=C(c1ccoc1)N1CCC(NCc2ccc(-c3ccccc3)o2)CC1. The third kappa shape index (κ3) is 3.73. The highest BCUT2D eigenvalue weighted by Crippen LogP contribution is 2.22. The van der Waals surface area contributed by atoms with Gasteiger partial charge >= 0.3 is 0 Å². The topological polar surface area (TPSA) is 58.6 Å². The molecule has 1 aromatic carbocycles. The van der Waals surface area contributed by atoms with Crippen LogP contribution in [-0.4, -0.2) is 29.9 Å². The average molecular weight is 350 g/mol. The number of nitrogens with one attached hydrogen (secondary N) is 1. The number of rotatable bonds is 5. The van der Waals surface area contributed by atoms with E-state index in [4.69, 9.17) is 8.83 Å². The Morgan fingerprint density at radius 3 is 2.62 bits per heavy atom. The third-order valence-electron chi connectivity index (χ3n) is 4.84. The standard InChI is InChI=1S/C21H22N2O3/c24-21(17-10-13-25-15-17)23-11-8-18(9-12-23)22-14-19-6-7-20(26-19)16-4-2-1-3-5-16/h1-7,10,13,15,18,22H,8-9,11-12,14H2. The highest BCUT2D eigenvalue weighted by molar-refractivity contribution is 5.93. The summed E-state index contributed by atoms with van der Waals surface area (Å²) in [6, 6.07) is 16.3. The molecule has 5 heteroatoms. The van der Waals surface area contributed by atoms with Crippen LogP contribution in [0.3, 0.4) is 0 Å². The van der Waals surface area contributed by atoms with Gasteiger partial charge in [0.15, 0.2) is 0 Å². The van der Waals surface area contributed by atoms with E-state index in [0.29, 0.717) is 18.2 Å². The molecule has 1 saturated heterocycles. The van der Waals surface area contributed by atoms with Gasteiger partial charge in [-0.1, -0.05) is 30.3 Å². The predicted molar refractivity (Wildman–Crippen MR) is 98.6 cm³/mol. The average Bonchev–Trinajstić information content (AvgIpc) is 3.39. The normalized spacial score (nSPS) is 15.3. The van der Waals surface area contributed by atoms with E-state index in [9.17, 15) is 4.79 Å². The first-order valence-electron chi connectivity index (χ1n) is 8.98. The summed E-state index contributed by atoms with van der Waals surface area (Å²) in [5.41, 5.74) is 1.71. The first-order valence-corrected chi connectivity index (χ1v) is 8.98. The van der Waals surface area contributed by atoms with E-state index in [1.807, 2.05) is 47.4 Å². The van der Waals surface area contributed by atoms with Gasteiger partial charge in [-0.3, -0.25) is 4.79 Å². The van der Waals surface area contributed by atoms with Crippen LogP contribution in [0.5, 0.6) is 0 Å². The van der Waals surface area contributed by atoms with Crippen molar-refractivity contribution in [3.63, 3.8) is 0 Å². The molecule has 0 atom stereocenters. The zero-order valence-electron chi connectivity index (χ0n) is 14.6. The summed E-state index contributed by atoms with van der Waals surface area (Å²) in [5, 5.41) is 3.55. The summed E-state index contributed by atoms with van der Waals surface area (Å²) >= 11 is 0. The predicted octanol–water partition coefficient (Wildman–Crippen LogP) is 3.93. The molecule has 134 valence electrons. The summed E-state index contributed by atoms with van der Waals surface area (Å²) < 4.78 is 10.9. The molecule has 2 aromatic heterocycles. The molecule has 26 heavy (non-hydrogen) atoms. The minimum absolute atomic E-state index is 0.0516. The van der Waals surface area contributed by atoms with Gasteiger partial charge in [-0.05, 0) is 31.0 Å². The van der Waals surface area contributed by atoms with Crippen molar-refractivity contribution in [3.05, 3.63) is 72.4 Å². The number of nitrogens with zero attached hydrogens (tertiary/aromatic N) is 1. The monoisotopic (exact) mass is 350 g/mol. The minimum Gasteiger partial charge on any atom is -0.472 e. The van der Waals surface area contributed by atoms with E-state index in [1.165, 1.54) is 12.5 Å². The van der Waals surface area contributed by atoms with Gasteiger partial charge in [-0.25, -0.2) is 0 Å². The molecule has 0 bridgehead atoms. The highest BCUT2D eigenvalue weighted by Gasteiger charge is 2.24. The number of piperidine rings is 1. The summed E-state index contributed by atoms with van der Waals surface area (Å²) in [7, 11) is 0. The highest BCUT2D eigenvalue weighted by atomic mass is 16.3. The molecule has 1 aliphatic rings. The lowest BCUT2D eigenvalue weighted by Crippen LogP contribution is -2.44. The molecule has 0 unspecified atom stereocenters. The van der Waals surface area contributed by atoms with Crippen molar-refractivity contribution in [2.75, 3.05) is 13.1 Å². The van der Waals surface area contributed by atoms with Crippen LogP contribution in [0.2, 0.25) is 0 Å². The Bertz CT molecular complexity index is 831. The molecule has 4 rings (SSSR count). The van der Waals surface area contributed by atoms with Crippen molar-refractivity contribution in [1.82, 2.24) is 10.2 Å². The molecular weight excluding hydrogens is 328 g/mol. The van der Waals surface area contributed by atoms with Crippen molar-refractivity contribution in [2.24, 2.45) is 0 Å². The molecule has 3 aromatic rings. The molecule has 0 radical (unpaired) electrons. The molecule has 0 spiro atoms. The van der Waals surface area contributed by atoms with E-state index >= 15 is 0 Å². The van der Waals surface area contributed by atoms with E-state index in [2.05, 4.69) is 5.32 Å².